The highest BCUT2D eigenvalue weighted by atomic mass is 127. The number of hydrogen-bond acceptors (Lipinski definition) is 4. The Hall–Kier alpha value is -2.86. The molecular weight excluding hydrogens is 443 g/mol. The largest absolute Gasteiger partial charge is 0.496 e. The number of methoxy groups -OCH3 is 1. The monoisotopic (exact) mass is 456 g/mol. The minimum absolute atomic E-state index is 0.162. The number of nitriles is 1. The molecule has 4 aromatic rings. The summed E-state index contributed by atoms with van der Waals surface area (Å²) in [5, 5.41) is 9.88. The molecule has 0 unspecified atom stereocenters. The lowest BCUT2D eigenvalue weighted by Gasteiger charge is -2.09. The standard InChI is InChI=1S/C19H13IN4O2/c1-23-16-10-22-15-8-17(26-2)14(20)7-13(15)18(16)24(19(23)25)12-5-3-11(9-21)4-6-12/h3-8,10H,1-2H3. The molecule has 0 amide bonds. The minimum Gasteiger partial charge on any atom is -0.496 e. The molecule has 128 valence electrons. The van der Waals surface area contributed by atoms with Crippen molar-refractivity contribution >= 4 is 44.5 Å². The second-order valence-electron chi connectivity index (χ2n) is 5.83. The summed E-state index contributed by atoms with van der Waals surface area (Å²) in [6.07, 6.45) is 1.70. The number of ether oxygens (including phenoxy) is 1. The number of imidazole rings is 1. The van der Waals surface area contributed by atoms with E-state index in [1.54, 1.807) is 53.8 Å². The fourth-order valence-electron chi connectivity index (χ4n) is 3.08. The molecule has 2 heterocycles. The number of aryl methyl sites for hydroxylation is 1. The summed E-state index contributed by atoms with van der Waals surface area (Å²) >= 11 is 2.21. The summed E-state index contributed by atoms with van der Waals surface area (Å²) in [4.78, 5) is 17.4. The van der Waals surface area contributed by atoms with E-state index in [1.165, 1.54) is 0 Å². The second kappa shape index (κ2) is 6.14. The molecule has 0 fully saturated rings. The summed E-state index contributed by atoms with van der Waals surface area (Å²) in [7, 11) is 3.35. The van der Waals surface area contributed by atoms with Crippen LogP contribution in [0.2, 0.25) is 0 Å². The molecule has 26 heavy (non-hydrogen) atoms. The molecule has 0 aliphatic heterocycles. The second-order valence-corrected chi connectivity index (χ2v) is 6.99. The Bertz CT molecular complexity index is 1260. The van der Waals surface area contributed by atoms with Crippen LogP contribution in [0.1, 0.15) is 5.56 Å². The van der Waals surface area contributed by atoms with Crippen LogP contribution in [-0.2, 0) is 7.05 Å². The maximum absolute atomic E-state index is 12.9. The minimum atomic E-state index is -0.162. The average molecular weight is 456 g/mol. The first-order valence-electron chi connectivity index (χ1n) is 7.79. The number of aromatic nitrogens is 3. The highest BCUT2D eigenvalue weighted by Gasteiger charge is 2.17. The van der Waals surface area contributed by atoms with Crippen LogP contribution in [0.3, 0.4) is 0 Å². The Morgan fingerprint density at radius 3 is 2.62 bits per heavy atom. The molecule has 0 N–H and O–H groups in total. The van der Waals surface area contributed by atoms with Crippen molar-refractivity contribution in [3.05, 3.63) is 62.2 Å². The van der Waals surface area contributed by atoms with Crippen LogP contribution < -0.4 is 10.4 Å². The van der Waals surface area contributed by atoms with Crippen LogP contribution >= 0.6 is 22.6 Å². The Morgan fingerprint density at radius 1 is 1.23 bits per heavy atom. The quantitative estimate of drug-likeness (QED) is 0.434. The van der Waals surface area contributed by atoms with Crippen molar-refractivity contribution in [1.82, 2.24) is 14.1 Å². The lowest BCUT2D eigenvalue weighted by atomic mass is 10.1. The molecule has 2 aromatic carbocycles. The molecule has 0 saturated carbocycles. The van der Waals surface area contributed by atoms with Gasteiger partial charge in [-0.2, -0.15) is 5.26 Å². The topological polar surface area (TPSA) is 72.8 Å². The van der Waals surface area contributed by atoms with E-state index < -0.39 is 0 Å². The zero-order valence-electron chi connectivity index (χ0n) is 14.0. The Labute approximate surface area is 162 Å². The number of nitrogens with zero attached hydrogens (tertiary/aromatic N) is 4. The number of fused-ring (bicyclic) bond motifs is 3. The van der Waals surface area contributed by atoms with Crippen molar-refractivity contribution in [2.24, 2.45) is 7.05 Å². The van der Waals surface area contributed by atoms with Crippen molar-refractivity contribution in [3.8, 4) is 17.5 Å². The predicted molar refractivity (Wildman–Crippen MR) is 108 cm³/mol. The van der Waals surface area contributed by atoms with Crippen LogP contribution in [0.5, 0.6) is 5.75 Å². The van der Waals surface area contributed by atoms with Crippen LogP contribution in [0.15, 0.2) is 47.4 Å². The van der Waals surface area contributed by atoms with Crippen molar-refractivity contribution in [2.75, 3.05) is 7.11 Å². The van der Waals surface area contributed by atoms with Gasteiger partial charge < -0.3 is 4.74 Å². The van der Waals surface area contributed by atoms with Gasteiger partial charge in [0.2, 0.25) is 0 Å². The van der Waals surface area contributed by atoms with Gasteiger partial charge in [0, 0.05) is 18.5 Å². The number of hydrogen-bond donors (Lipinski definition) is 0. The zero-order chi connectivity index (χ0) is 18.4. The third-order valence-electron chi connectivity index (χ3n) is 4.41. The van der Waals surface area contributed by atoms with E-state index in [9.17, 15) is 4.79 Å². The maximum Gasteiger partial charge on any atom is 0.333 e. The van der Waals surface area contributed by atoms with Crippen molar-refractivity contribution in [2.45, 2.75) is 0 Å². The summed E-state index contributed by atoms with van der Waals surface area (Å²) < 4.78 is 9.56. The zero-order valence-corrected chi connectivity index (χ0v) is 16.2. The molecule has 7 heteroatoms. The van der Waals surface area contributed by atoms with E-state index in [-0.39, 0.29) is 5.69 Å². The maximum atomic E-state index is 12.9. The highest BCUT2D eigenvalue weighted by molar-refractivity contribution is 14.1. The lowest BCUT2D eigenvalue weighted by Crippen LogP contribution is -2.20. The smallest absolute Gasteiger partial charge is 0.333 e. The van der Waals surface area contributed by atoms with Gasteiger partial charge in [-0.3, -0.25) is 14.1 Å². The Morgan fingerprint density at radius 2 is 1.96 bits per heavy atom. The molecule has 2 aromatic heterocycles. The fraction of sp³-hybridized carbons (Fsp3) is 0.105. The van der Waals surface area contributed by atoms with E-state index in [4.69, 9.17) is 10.00 Å². The Balaban J connectivity index is 2.15. The van der Waals surface area contributed by atoms with Crippen LogP contribution in [0.4, 0.5) is 0 Å². The first-order chi connectivity index (χ1) is 12.5. The molecule has 0 saturated heterocycles. The van der Waals surface area contributed by atoms with Crippen molar-refractivity contribution in [1.29, 1.82) is 5.26 Å². The van der Waals surface area contributed by atoms with Crippen molar-refractivity contribution in [3.63, 3.8) is 0 Å². The van der Waals surface area contributed by atoms with Gasteiger partial charge in [0.1, 0.15) is 5.75 Å². The molecule has 0 aliphatic carbocycles. The summed E-state index contributed by atoms with van der Waals surface area (Å²) in [5.74, 6) is 0.744. The van der Waals surface area contributed by atoms with Crippen LogP contribution in [-0.4, -0.2) is 21.2 Å². The number of halogens is 1. The molecule has 0 atom stereocenters. The van der Waals surface area contributed by atoms with Gasteiger partial charge in [-0.1, -0.05) is 0 Å². The number of pyridine rings is 1. The normalized spacial score (nSPS) is 11.0. The molecule has 0 aliphatic rings. The van der Waals surface area contributed by atoms with Crippen LogP contribution in [0.25, 0.3) is 27.6 Å². The third-order valence-corrected chi connectivity index (χ3v) is 5.25. The van der Waals surface area contributed by atoms with Gasteiger partial charge in [-0.15, -0.1) is 0 Å². The van der Waals surface area contributed by atoms with E-state index in [0.29, 0.717) is 11.3 Å². The summed E-state index contributed by atoms with van der Waals surface area (Å²) in [6, 6.07) is 12.9. The first kappa shape index (κ1) is 16.6. The van der Waals surface area contributed by atoms with Crippen molar-refractivity contribution < 1.29 is 4.74 Å². The van der Waals surface area contributed by atoms with E-state index in [0.717, 1.165) is 31.3 Å². The summed E-state index contributed by atoms with van der Waals surface area (Å²) in [5.41, 5.74) is 3.37. The van der Waals surface area contributed by atoms with E-state index in [2.05, 4.69) is 33.6 Å². The predicted octanol–water partition coefficient (Wildman–Crippen LogP) is 3.36. The fourth-order valence-corrected chi connectivity index (χ4v) is 3.77. The van der Waals surface area contributed by atoms with Gasteiger partial charge >= 0.3 is 5.69 Å². The van der Waals surface area contributed by atoms with Gasteiger partial charge in [0.15, 0.2) is 0 Å². The average Bonchev–Trinajstić information content (AvgIpc) is 2.92. The van der Waals surface area contributed by atoms with Gasteiger partial charge in [-0.25, -0.2) is 4.79 Å². The molecule has 6 nitrogen and oxygen atoms in total. The number of benzene rings is 2. The van der Waals surface area contributed by atoms with Gasteiger partial charge in [-0.05, 0) is 52.9 Å². The third kappa shape index (κ3) is 2.37. The number of rotatable bonds is 2. The van der Waals surface area contributed by atoms with E-state index >= 15 is 0 Å². The summed E-state index contributed by atoms with van der Waals surface area (Å²) in [6.45, 7) is 0. The van der Waals surface area contributed by atoms with Gasteiger partial charge in [0.05, 0.1) is 50.7 Å². The van der Waals surface area contributed by atoms with Gasteiger partial charge in [0.25, 0.3) is 0 Å². The molecule has 4 rings (SSSR count). The van der Waals surface area contributed by atoms with E-state index in [1.807, 2.05) is 12.1 Å². The SMILES string of the molecule is COc1cc2ncc3c(c2cc1I)n(-c1ccc(C#N)cc1)c(=O)n3C. The highest BCUT2D eigenvalue weighted by Crippen LogP contribution is 2.31. The first-order valence-corrected chi connectivity index (χ1v) is 8.87. The lowest BCUT2D eigenvalue weighted by molar-refractivity contribution is 0.412. The molecular formula is C19H13IN4O2. The van der Waals surface area contributed by atoms with Crippen LogP contribution in [0, 0.1) is 14.9 Å². The molecule has 0 radical (unpaired) electrons. The molecule has 0 bridgehead atoms. The molecule has 0 spiro atoms. The Kier molecular flexibility index (Phi) is 3.92.